The number of esters is 1. The number of nitrogens with zero attached hydrogens (tertiary/aromatic N) is 2. The minimum Gasteiger partial charge on any atom is -0.870 e. The fourth-order valence-corrected chi connectivity index (χ4v) is 7.19. The number of halogens is 5. The molecule has 2 atom stereocenters. The Morgan fingerprint density at radius 1 is 0.943 bits per heavy atom. The second-order valence-electron chi connectivity index (χ2n) is 12.7. The highest BCUT2D eigenvalue weighted by Crippen LogP contribution is 2.37. The third kappa shape index (κ3) is 9.33. The van der Waals surface area contributed by atoms with E-state index in [-0.39, 0.29) is 41.7 Å². The van der Waals surface area contributed by atoms with Gasteiger partial charge in [0.2, 0.25) is 0 Å². The maximum absolute atomic E-state index is 13.8. The van der Waals surface area contributed by atoms with Gasteiger partial charge in [0.25, 0.3) is 0 Å². The van der Waals surface area contributed by atoms with Crippen LogP contribution in [-0.4, -0.2) is 62.4 Å². The number of amides is 1. The summed E-state index contributed by atoms with van der Waals surface area (Å²) in [7, 11) is 3.00. The van der Waals surface area contributed by atoms with Crippen molar-refractivity contribution in [3.8, 4) is 11.5 Å². The topological polar surface area (TPSA) is 122 Å². The van der Waals surface area contributed by atoms with Crippen molar-refractivity contribution < 1.29 is 52.2 Å². The number of carbonyl (C=O) groups is 2. The lowest BCUT2D eigenvalue weighted by molar-refractivity contribution is -0.377. The van der Waals surface area contributed by atoms with E-state index in [0.29, 0.717) is 44.8 Å². The van der Waals surface area contributed by atoms with Crippen LogP contribution in [0.2, 0.25) is 10.0 Å². The molecule has 3 aromatic carbocycles. The van der Waals surface area contributed by atoms with Gasteiger partial charge in [-0.3, -0.25) is 9.80 Å². The number of ether oxygens (including phenoxy) is 4. The Morgan fingerprint density at radius 3 is 2.28 bits per heavy atom. The molecule has 3 fully saturated rings. The number of carbonyl (C=O) groups excluding carboxylic acids is 2. The highest BCUT2D eigenvalue weighted by molar-refractivity contribution is 6.35. The van der Waals surface area contributed by atoms with Crippen LogP contribution in [-0.2, 0) is 28.6 Å². The zero-order valence-corrected chi connectivity index (χ0v) is 30.4. The summed E-state index contributed by atoms with van der Waals surface area (Å²) in [4.78, 5) is 33.8. The second kappa shape index (κ2) is 17.1. The van der Waals surface area contributed by atoms with Gasteiger partial charge in [-0.05, 0) is 85.4 Å². The molecule has 3 aliphatic rings. The first-order valence-electron chi connectivity index (χ1n) is 16.7. The first kappa shape index (κ1) is 39.6. The summed E-state index contributed by atoms with van der Waals surface area (Å²) in [5, 5.41) is 0.687. The summed E-state index contributed by atoms with van der Waals surface area (Å²) in [6.45, 7) is 2.26. The molecule has 2 N–H and O–H groups in total. The minimum atomic E-state index is -4.62. The van der Waals surface area contributed by atoms with E-state index in [9.17, 15) is 22.8 Å². The van der Waals surface area contributed by atoms with Crippen molar-refractivity contribution in [2.24, 2.45) is 5.92 Å². The maximum Gasteiger partial charge on any atom is 0.416 e. The van der Waals surface area contributed by atoms with Crippen molar-refractivity contribution in [1.29, 1.82) is 0 Å². The third-order valence-electron chi connectivity index (χ3n) is 9.47. The fraction of sp³-hybridized carbons (Fsp3) is 0.342. The number of benzene rings is 3. The smallest absolute Gasteiger partial charge is 0.416 e. The SMILES string of the molecule is COc1ccc([C@H](Cc2c(Cl)c[nH+]cc2Cl)OC(=O)c2cccc(CN(C(=O)O[C@H]3CN4CCC3CC4)c3cccc(C(F)(F)F)c3)c2)cc1OC.[OH-]. The normalized spacial score (nSPS) is 18.4. The molecule has 3 aliphatic heterocycles. The maximum atomic E-state index is 13.8. The molecule has 0 saturated carbocycles. The lowest BCUT2D eigenvalue weighted by atomic mass is 9.86. The molecule has 0 radical (unpaired) electrons. The largest absolute Gasteiger partial charge is 0.870 e. The number of fused-ring (bicyclic) bond motifs is 3. The highest BCUT2D eigenvalue weighted by Gasteiger charge is 2.38. The van der Waals surface area contributed by atoms with Crippen molar-refractivity contribution in [2.45, 2.75) is 44.2 Å². The number of aromatic nitrogens is 1. The fourth-order valence-electron chi connectivity index (χ4n) is 6.66. The van der Waals surface area contributed by atoms with E-state index in [0.717, 1.165) is 38.1 Å². The molecule has 3 saturated heterocycles. The second-order valence-corrected chi connectivity index (χ2v) is 13.6. The van der Waals surface area contributed by atoms with E-state index >= 15 is 0 Å². The number of methoxy groups -OCH3 is 2. The average molecular weight is 777 g/mol. The summed E-state index contributed by atoms with van der Waals surface area (Å²) in [5.74, 6) is 0.387. The molecular weight excluding hydrogens is 738 g/mol. The molecule has 0 spiro atoms. The number of pyridine rings is 1. The zero-order valence-electron chi connectivity index (χ0n) is 28.9. The Morgan fingerprint density at radius 2 is 1.64 bits per heavy atom. The van der Waals surface area contributed by atoms with Crippen LogP contribution in [0.4, 0.5) is 23.7 Å². The Hall–Kier alpha value is -4.56. The van der Waals surface area contributed by atoms with Crippen molar-refractivity contribution in [3.05, 3.63) is 117 Å². The standard InChI is InChI=1S/C38H36Cl2F3N3O6.H2O/c1-49-32-10-9-25(16-34(32)50-2)33(18-29-30(39)19-44-20-31(29)40)51-36(47)26-6-3-5-23(15-26)21-46(28-8-4-7-27(17-28)38(41,42)43)37(48)52-35-22-45-13-11-24(35)12-14-45;/h3-10,15-17,19-20,24,33,35H,11-14,18,21-22H2,1-2H3;1H2/t33-,35-;/m0./s1. The van der Waals surface area contributed by atoms with E-state index in [1.54, 1.807) is 48.8 Å². The lowest BCUT2D eigenvalue weighted by Gasteiger charge is -2.44. The van der Waals surface area contributed by atoms with Crippen LogP contribution in [0.3, 0.4) is 0 Å². The minimum absolute atomic E-state index is 0. The number of hydrogen-bond acceptors (Lipinski definition) is 8. The van der Waals surface area contributed by atoms with Crippen LogP contribution in [0.15, 0.2) is 79.1 Å². The molecule has 4 heterocycles. The lowest BCUT2D eigenvalue weighted by Crippen LogP contribution is -2.53. The van der Waals surface area contributed by atoms with Crippen molar-refractivity contribution >= 4 is 41.0 Å². The predicted molar refractivity (Wildman–Crippen MR) is 190 cm³/mol. The number of nitrogens with one attached hydrogen (secondary N) is 1. The number of aromatic amines is 1. The van der Waals surface area contributed by atoms with Gasteiger partial charge in [0, 0.05) is 24.2 Å². The summed E-state index contributed by atoms with van der Waals surface area (Å²) < 4.78 is 64.1. The summed E-state index contributed by atoms with van der Waals surface area (Å²) in [6, 6.07) is 16.0. The first-order valence-corrected chi connectivity index (χ1v) is 17.4. The number of anilines is 1. The van der Waals surface area contributed by atoms with Crippen LogP contribution < -0.4 is 19.4 Å². The highest BCUT2D eigenvalue weighted by atomic mass is 35.5. The van der Waals surface area contributed by atoms with Gasteiger partial charge in [-0.25, -0.2) is 14.6 Å². The molecule has 10 nitrogen and oxygen atoms in total. The molecular formula is C38H38Cl2F3N3O7. The van der Waals surface area contributed by atoms with Gasteiger partial charge in [-0.1, -0.05) is 47.5 Å². The van der Waals surface area contributed by atoms with Gasteiger partial charge in [0.05, 0.1) is 31.9 Å². The molecule has 282 valence electrons. The van der Waals surface area contributed by atoms with Crippen LogP contribution in [0.1, 0.15) is 51.6 Å². The van der Waals surface area contributed by atoms with E-state index in [1.165, 1.54) is 37.3 Å². The molecule has 0 unspecified atom stereocenters. The van der Waals surface area contributed by atoms with E-state index in [1.807, 2.05) is 0 Å². The van der Waals surface area contributed by atoms with Crippen LogP contribution in [0.5, 0.6) is 11.5 Å². The first-order chi connectivity index (χ1) is 24.9. The van der Waals surface area contributed by atoms with Crippen LogP contribution in [0.25, 0.3) is 0 Å². The van der Waals surface area contributed by atoms with Gasteiger partial charge in [0.1, 0.15) is 22.3 Å². The summed E-state index contributed by atoms with van der Waals surface area (Å²) in [5.41, 5.74) is 0.841. The van der Waals surface area contributed by atoms with Crippen LogP contribution >= 0.6 is 23.2 Å². The van der Waals surface area contributed by atoms with E-state index < -0.39 is 29.9 Å². The molecule has 1 amide bonds. The van der Waals surface area contributed by atoms with Crippen molar-refractivity contribution in [1.82, 2.24) is 4.90 Å². The quantitative estimate of drug-likeness (QED) is 0.140. The molecule has 15 heteroatoms. The molecule has 1 aromatic heterocycles. The van der Waals surface area contributed by atoms with E-state index in [4.69, 9.17) is 42.1 Å². The number of hydrogen-bond donors (Lipinski definition) is 0. The van der Waals surface area contributed by atoms with Crippen LogP contribution in [0, 0.1) is 5.92 Å². The third-order valence-corrected chi connectivity index (χ3v) is 10.1. The number of piperidine rings is 3. The van der Waals surface area contributed by atoms with Gasteiger partial charge >= 0.3 is 18.2 Å². The van der Waals surface area contributed by atoms with Crippen molar-refractivity contribution in [2.75, 3.05) is 38.8 Å². The summed E-state index contributed by atoms with van der Waals surface area (Å²) in [6.07, 6.45) is -1.63. The van der Waals surface area contributed by atoms with Crippen molar-refractivity contribution in [3.63, 3.8) is 0 Å². The Balaban J connectivity index is 0.00000541. The van der Waals surface area contributed by atoms with Gasteiger partial charge in [-0.15, -0.1) is 0 Å². The number of H-pyrrole nitrogens is 1. The molecule has 7 rings (SSSR count). The molecule has 2 bridgehead atoms. The van der Waals surface area contributed by atoms with Gasteiger partial charge in [0.15, 0.2) is 23.9 Å². The Bertz CT molecular complexity index is 1900. The molecule has 53 heavy (non-hydrogen) atoms. The zero-order chi connectivity index (χ0) is 37.0. The molecule has 4 aromatic rings. The molecule has 0 aliphatic carbocycles. The van der Waals surface area contributed by atoms with E-state index in [2.05, 4.69) is 9.88 Å². The average Bonchev–Trinajstić information content (AvgIpc) is 3.14. The predicted octanol–water partition coefficient (Wildman–Crippen LogP) is 8.04. The number of rotatable bonds is 11. The number of alkyl halides is 3. The Labute approximate surface area is 314 Å². The van der Waals surface area contributed by atoms with Gasteiger partial charge in [-0.2, -0.15) is 13.2 Å². The van der Waals surface area contributed by atoms with Gasteiger partial charge < -0.3 is 24.4 Å². The Kier molecular flexibility index (Phi) is 12.8. The monoisotopic (exact) mass is 775 g/mol. The summed E-state index contributed by atoms with van der Waals surface area (Å²) >= 11 is 12.9.